The Labute approximate surface area is 207 Å². The number of likely N-dealkylation sites (tertiary alicyclic amines) is 2. The summed E-state index contributed by atoms with van der Waals surface area (Å²) in [6.07, 6.45) is 6.65. The molecule has 8 nitrogen and oxygen atoms in total. The molecule has 8 heteroatoms. The van der Waals surface area contributed by atoms with Gasteiger partial charge in [-0.3, -0.25) is 19.2 Å². The first-order valence-corrected chi connectivity index (χ1v) is 12.6. The summed E-state index contributed by atoms with van der Waals surface area (Å²) in [5, 5.41) is 2.92. The van der Waals surface area contributed by atoms with E-state index in [4.69, 9.17) is 0 Å². The minimum Gasteiger partial charge on any atom is -0.378 e. The smallest absolute Gasteiger partial charge is 0.251 e. The number of rotatable bonds is 7. The number of carbonyl (C=O) groups is 4. The second-order valence-electron chi connectivity index (χ2n) is 10.5. The number of benzene rings is 1. The molecule has 2 fully saturated rings. The Morgan fingerprint density at radius 2 is 1.80 bits per heavy atom. The lowest BCUT2D eigenvalue weighted by Gasteiger charge is -2.29. The lowest BCUT2D eigenvalue weighted by molar-refractivity contribution is -0.138. The molecule has 1 N–H and O–H groups in total. The topological polar surface area (TPSA) is 90.0 Å². The second kappa shape index (κ2) is 10.2. The predicted molar refractivity (Wildman–Crippen MR) is 134 cm³/mol. The molecule has 1 aromatic rings. The van der Waals surface area contributed by atoms with Crippen LogP contribution in [0.2, 0.25) is 0 Å². The van der Waals surface area contributed by atoms with E-state index in [9.17, 15) is 19.2 Å². The fourth-order valence-corrected chi connectivity index (χ4v) is 5.45. The molecular weight excluding hydrogens is 444 g/mol. The van der Waals surface area contributed by atoms with E-state index in [1.807, 2.05) is 57.1 Å². The van der Waals surface area contributed by atoms with Gasteiger partial charge in [-0.2, -0.15) is 0 Å². The van der Waals surface area contributed by atoms with Gasteiger partial charge in [0.15, 0.2) is 5.78 Å². The fraction of sp³-hybridized carbons (Fsp3) is 0.556. The zero-order valence-corrected chi connectivity index (χ0v) is 21.1. The molecule has 35 heavy (non-hydrogen) atoms. The second-order valence-corrected chi connectivity index (χ2v) is 10.5. The van der Waals surface area contributed by atoms with Crippen LogP contribution in [0.25, 0.3) is 0 Å². The van der Waals surface area contributed by atoms with E-state index in [0.29, 0.717) is 24.9 Å². The maximum atomic E-state index is 13.6. The maximum Gasteiger partial charge on any atom is 0.251 e. The highest BCUT2D eigenvalue weighted by atomic mass is 16.2. The van der Waals surface area contributed by atoms with Crippen LogP contribution in [0.3, 0.4) is 0 Å². The summed E-state index contributed by atoms with van der Waals surface area (Å²) in [5.41, 5.74) is 1.46. The number of fused-ring (bicyclic) bond motifs is 1. The predicted octanol–water partition coefficient (Wildman–Crippen LogP) is 2.24. The van der Waals surface area contributed by atoms with E-state index in [1.165, 1.54) is 0 Å². The molecule has 188 valence electrons. The number of ketones is 1. The van der Waals surface area contributed by atoms with Crippen molar-refractivity contribution in [2.75, 3.05) is 32.1 Å². The molecule has 0 radical (unpaired) electrons. The number of nitrogens with one attached hydrogen (secondary N) is 1. The Balaban J connectivity index is 1.48. The summed E-state index contributed by atoms with van der Waals surface area (Å²) < 4.78 is 0. The molecule has 2 saturated heterocycles. The molecular formula is C27H36N4O4. The Bertz CT molecular complexity index is 1020. The summed E-state index contributed by atoms with van der Waals surface area (Å²) in [4.78, 5) is 57.9. The zero-order chi connectivity index (χ0) is 25.3. The van der Waals surface area contributed by atoms with E-state index in [-0.39, 0.29) is 47.9 Å². The van der Waals surface area contributed by atoms with Crippen LogP contribution in [0.15, 0.2) is 36.4 Å². The number of Topliss-reactive ketones (excluding diaryl/α,β-unsaturated/α-hetero) is 1. The van der Waals surface area contributed by atoms with Crippen LogP contribution in [0.5, 0.6) is 0 Å². The van der Waals surface area contributed by atoms with E-state index in [2.05, 4.69) is 5.32 Å². The van der Waals surface area contributed by atoms with Crippen molar-refractivity contribution in [1.29, 1.82) is 0 Å². The van der Waals surface area contributed by atoms with Gasteiger partial charge in [0.05, 0.1) is 18.5 Å². The van der Waals surface area contributed by atoms with Gasteiger partial charge in [0, 0.05) is 31.9 Å². The Morgan fingerprint density at radius 1 is 1.09 bits per heavy atom. The van der Waals surface area contributed by atoms with Crippen molar-refractivity contribution in [3.05, 3.63) is 42.0 Å². The number of nitrogens with zero attached hydrogens (tertiary/aromatic N) is 3. The summed E-state index contributed by atoms with van der Waals surface area (Å²) in [6, 6.07) is 5.59. The zero-order valence-electron chi connectivity index (χ0n) is 21.1. The molecule has 4 atom stereocenters. The monoisotopic (exact) mass is 480 g/mol. The molecule has 0 spiro atoms. The third-order valence-electron chi connectivity index (χ3n) is 7.27. The largest absolute Gasteiger partial charge is 0.378 e. The molecule has 0 aromatic heterocycles. The molecule has 2 aliphatic heterocycles. The van der Waals surface area contributed by atoms with Crippen LogP contribution < -0.4 is 10.2 Å². The molecule has 2 heterocycles. The first kappa shape index (κ1) is 24.9. The van der Waals surface area contributed by atoms with Crippen LogP contribution in [0.1, 0.15) is 49.9 Å². The Hall–Kier alpha value is -3.16. The van der Waals surface area contributed by atoms with Crippen molar-refractivity contribution >= 4 is 29.2 Å². The van der Waals surface area contributed by atoms with Gasteiger partial charge in [0.1, 0.15) is 12.1 Å². The molecule has 3 amide bonds. The molecule has 4 rings (SSSR count). The van der Waals surface area contributed by atoms with Crippen molar-refractivity contribution in [2.24, 2.45) is 11.8 Å². The summed E-state index contributed by atoms with van der Waals surface area (Å²) in [6.45, 7) is 4.47. The standard InChI is InChI=1S/C27H36N4O4/c1-17(2)15-21(28-25(33)18-9-11-20(12-10-18)29(3)4)27(35)30-14-13-22-24(30)23(32)16-31(22)26(34)19-7-5-6-8-19/h5,7,9-12,17,19,21-22,24H,6,8,13-16H2,1-4H3,(H,28,33). The normalized spacial score (nSPS) is 24.1. The molecule has 3 aliphatic rings. The average Bonchev–Trinajstić information content (AvgIpc) is 3.56. The van der Waals surface area contributed by atoms with Gasteiger partial charge in [-0.15, -0.1) is 0 Å². The number of hydrogen-bond donors (Lipinski definition) is 1. The van der Waals surface area contributed by atoms with E-state index in [1.54, 1.807) is 21.9 Å². The number of anilines is 1. The first-order valence-electron chi connectivity index (χ1n) is 12.6. The number of allylic oxidation sites excluding steroid dienone is 1. The average molecular weight is 481 g/mol. The fourth-order valence-electron chi connectivity index (χ4n) is 5.45. The third-order valence-corrected chi connectivity index (χ3v) is 7.27. The summed E-state index contributed by atoms with van der Waals surface area (Å²) >= 11 is 0. The van der Waals surface area contributed by atoms with Gasteiger partial charge < -0.3 is 20.0 Å². The maximum absolute atomic E-state index is 13.6. The highest BCUT2D eigenvalue weighted by molar-refractivity contribution is 6.01. The molecule has 1 aromatic carbocycles. The minimum atomic E-state index is -0.731. The van der Waals surface area contributed by atoms with E-state index < -0.39 is 12.1 Å². The SMILES string of the molecule is CC(C)CC(NC(=O)c1ccc(N(C)C)cc1)C(=O)N1CCC2C1C(=O)CN2C(=O)C1C=CCC1. The van der Waals surface area contributed by atoms with E-state index >= 15 is 0 Å². The van der Waals surface area contributed by atoms with Gasteiger partial charge in [-0.05, 0) is 55.9 Å². The number of amides is 3. The molecule has 1 aliphatic carbocycles. The van der Waals surface area contributed by atoms with Gasteiger partial charge >= 0.3 is 0 Å². The highest BCUT2D eigenvalue weighted by Gasteiger charge is 2.52. The van der Waals surface area contributed by atoms with Crippen molar-refractivity contribution in [1.82, 2.24) is 15.1 Å². The first-order chi connectivity index (χ1) is 16.7. The number of hydrogen-bond acceptors (Lipinski definition) is 5. The Morgan fingerprint density at radius 3 is 2.40 bits per heavy atom. The van der Waals surface area contributed by atoms with Gasteiger partial charge in [-0.25, -0.2) is 0 Å². The van der Waals surface area contributed by atoms with Gasteiger partial charge in [0.2, 0.25) is 11.8 Å². The Kier molecular flexibility index (Phi) is 7.28. The molecule has 4 unspecified atom stereocenters. The molecule has 0 saturated carbocycles. The summed E-state index contributed by atoms with van der Waals surface area (Å²) in [7, 11) is 3.86. The lowest BCUT2D eigenvalue weighted by atomic mass is 10.0. The van der Waals surface area contributed by atoms with Gasteiger partial charge in [0.25, 0.3) is 5.91 Å². The van der Waals surface area contributed by atoms with E-state index in [0.717, 1.165) is 18.5 Å². The van der Waals surface area contributed by atoms with Gasteiger partial charge in [-0.1, -0.05) is 26.0 Å². The van der Waals surface area contributed by atoms with Crippen molar-refractivity contribution in [3.8, 4) is 0 Å². The number of carbonyl (C=O) groups excluding carboxylic acids is 4. The van der Waals surface area contributed by atoms with Crippen LogP contribution in [0.4, 0.5) is 5.69 Å². The van der Waals surface area contributed by atoms with Crippen LogP contribution >= 0.6 is 0 Å². The lowest BCUT2D eigenvalue weighted by Crippen LogP contribution is -2.53. The van der Waals surface area contributed by atoms with Crippen LogP contribution in [-0.2, 0) is 14.4 Å². The minimum absolute atomic E-state index is 0.0119. The van der Waals surface area contributed by atoms with Crippen molar-refractivity contribution in [3.63, 3.8) is 0 Å². The molecule has 0 bridgehead atoms. The highest BCUT2D eigenvalue weighted by Crippen LogP contribution is 2.33. The van der Waals surface area contributed by atoms with Crippen molar-refractivity contribution < 1.29 is 19.2 Å². The van der Waals surface area contributed by atoms with Crippen LogP contribution in [0, 0.1) is 11.8 Å². The quantitative estimate of drug-likeness (QED) is 0.605. The third kappa shape index (κ3) is 5.11. The van der Waals surface area contributed by atoms with Crippen LogP contribution in [-0.4, -0.2) is 78.6 Å². The summed E-state index contributed by atoms with van der Waals surface area (Å²) in [5.74, 6) is -0.656. The van der Waals surface area contributed by atoms with Crippen molar-refractivity contribution in [2.45, 2.75) is 57.7 Å².